The van der Waals surface area contributed by atoms with Crippen LogP contribution in [0.5, 0.6) is 0 Å². The number of carbonyl (C=O) groups is 2. The van der Waals surface area contributed by atoms with Gasteiger partial charge in [0, 0.05) is 0 Å². The molecule has 0 saturated carbocycles. The molecule has 4 atom stereocenters. The van der Waals surface area contributed by atoms with Crippen LogP contribution < -0.4 is 0 Å². The molecule has 0 spiro atoms. The van der Waals surface area contributed by atoms with E-state index in [1.165, 1.54) is 0 Å². The van der Waals surface area contributed by atoms with Crippen molar-refractivity contribution in [3.63, 3.8) is 0 Å². The molecular weight excluding hydrogens is 268 g/mol. The van der Waals surface area contributed by atoms with E-state index in [-0.39, 0.29) is 6.42 Å². The number of ether oxygens (including phenoxy) is 2. The van der Waals surface area contributed by atoms with Crippen molar-refractivity contribution < 1.29 is 19.1 Å². The number of esters is 2. The van der Waals surface area contributed by atoms with Crippen LogP contribution in [0.2, 0.25) is 0 Å². The summed E-state index contributed by atoms with van der Waals surface area (Å²) in [5, 5.41) is 0. The standard InChI is InChI=1S/C17H32O4/c1-7-12(3)14(5)10-20-16(18)9-17(19)21-11-15(6)13(4)8-2/h12-15H,7-11H2,1-6H3. The highest BCUT2D eigenvalue weighted by Crippen LogP contribution is 2.16. The predicted molar refractivity (Wildman–Crippen MR) is 83.8 cm³/mol. The Morgan fingerprint density at radius 2 is 1.05 bits per heavy atom. The maximum absolute atomic E-state index is 11.6. The summed E-state index contributed by atoms with van der Waals surface area (Å²) >= 11 is 0. The highest BCUT2D eigenvalue weighted by Gasteiger charge is 2.18. The molecule has 4 nitrogen and oxygen atoms in total. The molecule has 0 amide bonds. The zero-order valence-corrected chi connectivity index (χ0v) is 14.5. The minimum atomic E-state index is -0.494. The second-order valence-electron chi connectivity index (χ2n) is 6.27. The average molecular weight is 300 g/mol. The first kappa shape index (κ1) is 19.9. The first-order chi connectivity index (χ1) is 9.81. The van der Waals surface area contributed by atoms with Crippen LogP contribution in [0.15, 0.2) is 0 Å². The molecule has 21 heavy (non-hydrogen) atoms. The van der Waals surface area contributed by atoms with Gasteiger partial charge in [-0.1, -0.05) is 54.4 Å². The molecule has 0 bridgehead atoms. The molecule has 0 aliphatic rings. The third-order valence-corrected chi connectivity index (χ3v) is 4.53. The van der Waals surface area contributed by atoms with E-state index in [1.54, 1.807) is 0 Å². The van der Waals surface area contributed by atoms with E-state index >= 15 is 0 Å². The smallest absolute Gasteiger partial charge is 0.317 e. The van der Waals surface area contributed by atoms with Crippen LogP contribution in [-0.2, 0) is 19.1 Å². The van der Waals surface area contributed by atoms with Gasteiger partial charge >= 0.3 is 11.9 Å². The molecule has 0 aliphatic carbocycles. The largest absolute Gasteiger partial charge is 0.465 e. The molecule has 0 heterocycles. The van der Waals surface area contributed by atoms with Gasteiger partial charge < -0.3 is 9.47 Å². The number of hydrogen-bond donors (Lipinski definition) is 0. The van der Waals surface area contributed by atoms with Crippen molar-refractivity contribution in [1.82, 2.24) is 0 Å². The van der Waals surface area contributed by atoms with Crippen molar-refractivity contribution in [2.24, 2.45) is 23.7 Å². The Balaban J connectivity index is 3.92. The van der Waals surface area contributed by atoms with E-state index in [1.807, 2.05) is 13.8 Å². The maximum Gasteiger partial charge on any atom is 0.317 e. The van der Waals surface area contributed by atoms with Gasteiger partial charge in [0.25, 0.3) is 0 Å². The summed E-state index contributed by atoms with van der Waals surface area (Å²) in [5.41, 5.74) is 0. The van der Waals surface area contributed by atoms with E-state index in [0.29, 0.717) is 36.9 Å². The quantitative estimate of drug-likeness (QED) is 0.454. The second kappa shape index (κ2) is 10.6. The fourth-order valence-corrected chi connectivity index (χ4v) is 1.80. The third-order valence-electron chi connectivity index (χ3n) is 4.53. The van der Waals surface area contributed by atoms with Crippen molar-refractivity contribution in [3.05, 3.63) is 0 Å². The molecule has 0 fully saturated rings. The molecule has 4 heteroatoms. The monoisotopic (exact) mass is 300 g/mol. The van der Waals surface area contributed by atoms with Gasteiger partial charge in [0.2, 0.25) is 0 Å². The van der Waals surface area contributed by atoms with Crippen molar-refractivity contribution in [1.29, 1.82) is 0 Å². The SMILES string of the molecule is CCC(C)C(C)COC(=O)CC(=O)OCC(C)C(C)CC. The fraction of sp³-hybridized carbons (Fsp3) is 0.882. The van der Waals surface area contributed by atoms with E-state index in [9.17, 15) is 9.59 Å². The minimum Gasteiger partial charge on any atom is -0.465 e. The molecular formula is C17H32O4. The molecule has 0 aromatic heterocycles. The molecule has 0 aromatic carbocycles. The summed E-state index contributed by atoms with van der Waals surface area (Å²) in [6.45, 7) is 13.3. The summed E-state index contributed by atoms with van der Waals surface area (Å²) in [6.07, 6.45) is 1.81. The minimum absolute atomic E-state index is 0.291. The number of carbonyl (C=O) groups excluding carboxylic acids is 2. The van der Waals surface area contributed by atoms with Crippen molar-refractivity contribution in [2.75, 3.05) is 13.2 Å². The molecule has 0 saturated heterocycles. The Morgan fingerprint density at radius 1 is 0.714 bits per heavy atom. The Bertz CT molecular complexity index is 284. The molecule has 0 N–H and O–H groups in total. The van der Waals surface area contributed by atoms with E-state index < -0.39 is 11.9 Å². The summed E-state index contributed by atoms with van der Waals surface area (Å²) in [6, 6.07) is 0. The Kier molecular flexibility index (Phi) is 10.1. The summed E-state index contributed by atoms with van der Waals surface area (Å²) in [5.74, 6) is 0.626. The van der Waals surface area contributed by atoms with Crippen LogP contribution in [0.1, 0.15) is 60.8 Å². The van der Waals surface area contributed by atoms with Crippen LogP contribution in [0.3, 0.4) is 0 Å². The van der Waals surface area contributed by atoms with Gasteiger partial charge in [-0.3, -0.25) is 9.59 Å². The van der Waals surface area contributed by atoms with Gasteiger partial charge in [-0.05, 0) is 23.7 Å². The maximum atomic E-state index is 11.6. The first-order valence-corrected chi connectivity index (χ1v) is 8.12. The average Bonchev–Trinajstić information content (AvgIpc) is 2.48. The highest BCUT2D eigenvalue weighted by molar-refractivity contribution is 5.91. The lowest BCUT2D eigenvalue weighted by Gasteiger charge is -2.19. The van der Waals surface area contributed by atoms with Gasteiger partial charge in [0.1, 0.15) is 6.42 Å². The fourth-order valence-electron chi connectivity index (χ4n) is 1.80. The third kappa shape index (κ3) is 8.74. The van der Waals surface area contributed by atoms with E-state index in [2.05, 4.69) is 27.7 Å². The zero-order chi connectivity index (χ0) is 16.4. The molecule has 4 unspecified atom stereocenters. The Labute approximate surface area is 129 Å². The summed E-state index contributed by atoms with van der Waals surface area (Å²) in [7, 11) is 0. The predicted octanol–water partition coefficient (Wildman–Crippen LogP) is 3.83. The summed E-state index contributed by atoms with van der Waals surface area (Å²) in [4.78, 5) is 23.2. The van der Waals surface area contributed by atoms with Crippen LogP contribution in [0.25, 0.3) is 0 Å². The second-order valence-corrected chi connectivity index (χ2v) is 6.27. The Morgan fingerprint density at radius 3 is 1.33 bits per heavy atom. The molecule has 0 rings (SSSR count). The van der Waals surface area contributed by atoms with Crippen molar-refractivity contribution >= 4 is 11.9 Å². The van der Waals surface area contributed by atoms with Crippen molar-refractivity contribution in [2.45, 2.75) is 60.8 Å². The topological polar surface area (TPSA) is 52.6 Å². The molecule has 0 aromatic rings. The van der Waals surface area contributed by atoms with E-state index in [0.717, 1.165) is 12.8 Å². The van der Waals surface area contributed by atoms with Crippen LogP contribution in [0.4, 0.5) is 0 Å². The van der Waals surface area contributed by atoms with Gasteiger partial charge in [0.05, 0.1) is 13.2 Å². The normalized spacial score (nSPS) is 16.7. The van der Waals surface area contributed by atoms with Crippen LogP contribution >= 0.6 is 0 Å². The first-order valence-electron chi connectivity index (χ1n) is 8.12. The van der Waals surface area contributed by atoms with Gasteiger partial charge in [-0.25, -0.2) is 0 Å². The van der Waals surface area contributed by atoms with Crippen molar-refractivity contribution in [3.8, 4) is 0 Å². The lowest BCUT2D eigenvalue weighted by atomic mass is 9.94. The lowest BCUT2D eigenvalue weighted by molar-refractivity contribution is -0.156. The van der Waals surface area contributed by atoms with Crippen LogP contribution in [-0.4, -0.2) is 25.2 Å². The lowest BCUT2D eigenvalue weighted by Crippen LogP contribution is -2.22. The Hall–Kier alpha value is -1.06. The highest BCUT2D eigenvalue weighted by atomic mass is 16.6. The molecule has 0 aliphatic heterocycles. The number of hydrogen-bond acceptors (Lipinski definition) is 4. The van der Waals surface area contributed by atoms with E-state index in [4.69, 9.17) is 9.47 Å². The van der Waals surface area contributed by atoms with Gasteiger partial charge in [-0.15, -0.1) is 0 Å². The zero-order valence-electron chi connectivity index (χ0n) is 14.5. The van der Waals surface area contributed by atoms with Gasteiger partial charge in [-0.2, -0.15) is 0 Å². The van der Waals surface area contributed by atoms with Crippen LogP contribution in [0, 0.1) is 23.7 Å². The summed E-state index contributed by atoms with van der Waals surface area (Å²) < 4.78 is 10.3. The molecule has 124 valence electrons. The molecule has 0 radical (unpaired) electrons. The number of rotatable bonds is 10. The van der Waals surface area contributed by atoms with Gasteiger partial charge in [0.15, 0.2) is 0 Å².